The quantitative estimate of drug-likeness (QED) is 0.758. The van der Waals surface area contributed by atoms with Crippen LogP contribution in [0.25, 0.3) is 0 Å². The Morgan fingerprint density at radius 1 is 1.30 bits per heavy atom. The van der Waals surface area contributed by atoms with Crippen molar-refractivity contribution in [1.82, 2.24) is 5.32 Å². The number of rotatable bonds is 8. The highest BCUT2D eigenvalue weighted by Gasteiger charge is 2.13. The maximum absolute atomic E-state index is 13.7. The summed E-state index contributed by atoms with van der Waals surface area (Å²) in [5.74, 6) is 0.198. The van der Waals surface area contributed by atoms with Crippen LogP contribution in [0.4, 0.5) is 4.39 Å². The van der Waals surface area contributed by atoms with Crippen molar-refractivity contribution in [3.8, 4) is 0 Å². The Kier molecular flexibility index (Phi) is 7.66. The second kappa shape index (κ2) is 8.72. The van der Waals surface area contributed by atoms with Gasteiger partial charge in [-0.3, -0.25) is 0 Å². The van der Waals surface area contributed by atoms with Crippen molar-refractivity contribution < 1.29 is 14.2 Å². The molecular weight excluding hydrogens is 325 g/mol. The summed E-state index contributed by atoms with van der Waals surface area (Å²) < 4.78 is 19.9. The largest absolute Gasteiger partial charge is 0.389 e. The molecule has 114 valence electrons. The van der Waals surface area contributed by atoms with Crippen molar-refractivity contribution >= 4 is 15.9 Å². The van der Waals surface area contributed by atoms with Crippen molar-refractivity contribution in [3.05, 3.63) is 34.1 Å². The Bertz CT molecular complexity index is 415. The molecule has 0 saturated carbocycles. The Hall–Kier alpha value is -0.490. The van der Waals surface area contributed by atoms with E-state index in [0.717, 1.165) is 4.47 Å². The molecule has 20 heavy (non-hydrogen) atoms. The van der Waals surface area contributed by atoms with E-state index in [1.54, 1.807) is 12.1 Å². The van der Waals surface area contributed by atoms with Gasteiger partial charge in [0.15, 0.2) is 0 Å². The standard InChI is InChI=1S/C15H23BrFNO2/c1-10(2)8-20-9-13(19)7-18-11(3)14-6-12(16)4-5-15(14)17/h4-6,10-11,13,18-19H,7-9H2,1-3H3. The molecule has 0 amide bonds. The van der Waals surface area contributed by atoms with E-state index < -0.39 is 6.10 Å². The maximum atomic E-state index is 13.7. The number of nitrogens with one attached hydrogen (secondary N) is 1. The third-order valence-corrected chi connectivity index (χ3v) is 3.34. The first-order chi connectivity index (χ1) is 9.40. The maximum Gasteiger partial charge on any atom is 0.128 e. The van der Waals surface area contributed by atoms with Gasteiger partial charge >= 0.3 is 0 Å². The lowest BCUT2D eigenvalue weighted by molar-refractivity contribution is 0.0251. The average molecular weight is 348 g/mol. The molecule has 0 heterocycles. The van der Waals surface area contributed by atoms with Crippen LogP contribution in [0.15, 0.2) is 22.7 Å². The van der Waals surface area contributed by atoms with E-state index in [2.05, 4.69) is 35.1 Å². The normalized spacial score (nSPS) is 14.6. The molecule has 0 bridgehead atoms. The number of halogens is 2. The molecule has 5 heteroatoms. The highest BCUT2D eigenvalue weighted by Crippen LogP contribution is 2.21. The second-order valence-corrected chi connectivity index (χ2v) is 6.30. The van der Waals surface area contributed by atoms with Crippen molar-refractivity contribution in [2.45, 2.75) is 32.9 Å². The van der Waals surface area contributed by atoms with E-state index in [-0.39, 0.29) is 11.9 Å². The van der Waals surface area contributed by atoms with Crippen LogP contribution in [0.1, 0.15) is 32.4 Å². The van der Waals surface area contributed by atoms with Gasteiger partial charge in [-0.25, -0.2) is 4.39 Å². The summed E-state index contributed by atoms with van der Waals surface area (Å²) in [5, 5.41) is 12.9. The fourth-order valence-corrected chi connectivity index (χ4v) is 2.15. The Balaban J connectivity index is 2.38. The smallest absolute Gasteiger partial charge is 0.128 e. The van der Waals surface area contributed by atoms with E-state index in [1.165, 1.54) is 6.07 Å². The molecule has 0 aliphatic heterocycles. The number of benzene rings is 1. The number of hydrogen-bond acceptors (Lipinski definition) is 3. The van der Waals surface area contributed by atoms with Gasteiger partial charge in [0.25, 0.3) is 0 Å². The first-order valence-corrected chi connectivity index (χ1v) is 7.63. The molecule has 1 rings (SSSR count). The van der Waals surface area contributed by atoms with E-state index in [9.17, 15) is 9.50 Å². The van der Waals surface area contributed by atoms with Crippen LogP contribution in [0.2, 0.25) is 0 Å². The zero-order valence-electron chi connectivity index (χ0n) is 12.2. The van der Waals surface area contributed by atoms with Crippen LogP contribution in [-0.2, 0) is 4.74 Å². The summed E-state index contributed by atoms with van der Waals surface area (Å²) in [5.41, 5.74) is 0.578. The Labute approximate surface area is 128 Å². The topological polar surface area (TPSA) is 41.5 Å². The first kappa shape index (κ1) is 17.6. The van der Waals surface area contributed by atoms with Crippen LogP contribution in [-0.4, -0.2) is 31.0 Å². The summed E-state index contributed by atoms with van der Waals surface area (Å²) in [6, 6.07) is 4.67. The van der Waals surface area contributed by atoms with Gasteiger partial charge in [-0.15, -0.1) is 0 Å². The first-order valence-electron chi connectivity index (χ1n) is 6.84. The van der Waals surface area contributed by atoms with Gasteiger partial charge in [0.05, 0.1) is 12.7 Å². The lowest BCUT2D eigenvalue weighted by Crippen LogP contribution is -2.32. The number of ether oxygens (including phenoxy) is 1. The molecule has 3 nitrogen and oxygen atoms in total. The van der Waals surface area contributed by atoms with Gasteiger partial charge in [-0.2, -0.15) is 0 Å². The summed E-state index contributed by atoms with van der Waals surface area (Å²) in [6.45, 7) is 7.27. The minimum Gasteiger partial charge on any atom is -0.389 e. The molecule has 2 atom stereocenters. The van der Waals surface area contributed by atoms with Gasteiger partial charge in [-0.1, -0.05) is 29.8 Å². The Morgan fingerprint density at radius 3 is 2.65 bits per heavy atom. The van der Waals surface area contributed by atoms with E-state index in [4.69, 9.17) is 4.74 Å². The van der Waals surface area contributed by atoms with E-state index in [1.807, 2.05) is 6.92 Å². The average Bonchev–Trinajstić information content (AvgIpc) is 2.38. The van der Waals surface area contributed by atoms with Crippen molar-refractivity contribution in [3.63, 3.8) is 0 Å². The fraction of sp³-hybridized carbons (Fsp3) is 0.600. The minimum absolute atomic E-state index is 0.174. The van der Waals surface area contributed by atoms with Crippen LogP contribution in [0.5, 0.6) is 0 Å². The number of aliphatic hydroxyl groups excluding tert-OH is 1. The van der Waals surface area contributed by atoms with Crippen LogP contribution in [0.3, 0.4) is 0 Å². The molecule has 0 fully saturated rings. The molecule has 0 aliphatic rings. The van der Waals surface area contributed by atoms with Crippen LogP contribution in [0, 0.1) is 11.7 Å². The summed E-state index contributed by atoms with van der Waals surface area (Å²) in [6.07, 6.45) is -0.591. The lowest BCUT2D eigenvalue weighted by atomic mass is 10.1. The predicted molar refractivity (Wildman–Crippen MR) is 82.2 cm³/mol. The molecule has 0 aliphatic carbocycles. The van der Waals surface area contributed by atoms with Gasteiger partial charge in [-0.05, 0) is 31.0 Å². The predicted octanol–water partition coefficient (Wildman–Crippen LogP) is 3.27. The molecule has 0 spiro atoms. The number of hydrogen-bond donors (Lipinski definition) is 2. The molecular formula is C15H23BrFNO2. The van der Waals surface area contributed by atoms with Gasteiger partial charge in [0.2, 0.25) is 0 Å². The lowest BCUT2D eigenvalue weighted by Gasteiger charge is -2.18. The van der Waals surface area contributed by atoms with E-state index >= 15 is 0 Å². The highest BCUT2D eigenvalue weighted by atomic mass is 79.9. The zero-order valence-corrected chi connectivity index (χ0v) is 13.8. The zero-order chi connectivity index (χ0) is 15.1. The minimum atomic E-state index is -0.591. The van der Waals surface area contributed by atoms with Crippen LogP contribution >= 0.6 is 15.9 Å². The van der Waals surface area contributed by atoms with Crippen molar-refractivity contribution in [2.24, 2.45) is 5.92 Å². The molecule has 1 aromatic carbocycles. The summed E-state index contributed by atoms with van der Waals surface area (Å²) >= 11 is 3.33. The van der Waals surface area contributed by atoms with E-state index in [0.29, 0.717) is 31.2 Å². The van der Waals surface area contributed by atoms with Crippen molar-refractivity contribution in [2.75, 3.05) is 19.8 Å². The highest BCUT2D eigenvalue weighted by molar-refractivity contribution is 9.10. The molecule has 2 N–H and O–H groups in total. The van der Waals surface area contributed by atoms with Gasteiger partial charge < -0.3 is 15.2 Å². The third kappa shape index (κ3) is 6.31. The van der Waals surface area contributed by atoms with Crippen molar-refractivity contribution in [1.29, 1.82) is 0 Å². The molecule has 2 unspecified atom stereocenters. The molecule has 0 aromatic heterocycles. The molecule has 0 radical (unpaired) electrons. The molecule has 1 aromatic rings. The summed E-state index contributed by atoms with van der Waals surface area (Å²) in [4.78, 5) is 0. The fourth-order valence-electron chi connectivity index (χ4n) is 1.77. The third-order valence-electron chi connectivity index (χ3n) is 2.85. The monoisotopic (exact) mass is 347 g/mol. The Morgan fingerprint density at radius 2 is 2.00 bits per heavy atom. The second-order valence-electron chi connectivity index (χ2n) is 5.38. The number of aliphatic hydroxyl groups is 1. The van der Waals surface area contributed by atoms with Gasteiger partial charge in [0, 0.05) is 29.2 Å². The van der Waals surface area contributed by atoms with Gasteiger partial charge in [0.1, 0.15) is 5.82 Å². The summed E-state index contributed by atoms with van der Waals surface area (Å²) in [7, 11) is 0. The van der Waals surface area contributed by atoms with Crippen LogP contribution < -0.4 is 5.32 Å². The SMILES string of the molecule is CC(C)COCC(O)CNC(C)c1cc(Br)ccc1F. The molecule has 0 saturated heterocycles.